The van der Waals surface area contributed by atoms with Gasteiger partial charge in [0.15, 0.2) is 0 Å². The van der Waals surface area contributed by atoms with Gasteiger partial charge in [0.05, 0.1) is 18.0 Å². The smallest absolute Gasteiger partial charge is 0.222 e. The molecular weight excluding hydrogens is 226 g/mol. The molecule has 0 unspecified atom stereocenters. The van der Waals surface area contributed by atoms with Crippen LogP contribution in [-0.2, 0) is 6.42 Å². The summed E-state index contributed by atoms with van der Waals surface area (Å²) in [5.74, 6) is 0.711. The van der Waals surface area contributed by atoms with Crippen LogP contribution in [0.25, 0.3) is 10.9 Å². The third-order valence-electron chi connectivity index (χ3n) is 3.42. The van der Waals surface area contributed by atoms with E-state index in [1.165, 1.54) is 5.56 Å². The molecule has 98 valence electrons. The fourth-order valence-corrected chi connectivity index (χ4v) is 2.28. The Kier molecular flexibility index (Phi) is 4.20. The number of nitrogens with one attached hydrogen (secondary N) is 1. The summed E-state index contributed by atoms with van der Waals surface area (Å²) in [6, 6.07) is 1.98. The lowest BCUT2D eigenvalue weighted by Crippen LogP contribution is -2.25. The molecule has 0 atom stereocenters. The number of H-pyrrole nitrogens is 1. The highest BCUT2D eigenvalue weighted by atomic mass is 16.5. The third kappa shape index (κ3) is 2.48. The van der Waals surface area contributed by atoms with Gasteiger partial charge in [-0.3, -0.25) is 0 Å². The summed E-state index contributed by atoms with van der Waals surface area (Å²) < 4.78 is 5.34. The highest BCUT2D eigenvalue weighted by molar-refractivity contribution is 5.87. The highest BCUT2D eigenvalue weighted by Crippen LogP contribution is 2.26. The summed E-state index contributed by atoms with van der Waals surface area (Å²) in [6.45, 7) is 7.64. The van der Waals surface area contributed by atoms with Crippen molar-refractivity contribution < 1.29 is 4.74 Å². The van der Waals surface area contributed by atoms with Gasteiger partial charge < -0.3 is 14.6 Å². The second-order valence-electron chi connectivity index (χ2n) is 4.33. The number of aromatic nitrogens is 2. The summed E-state index contributed by atoms with van der Waals surface area (Å²) in [6.07, 6.45) is 4.86. The van der Waals surface area contributed by atoms with Crippen molar-refractivity contribution in [3.63, 3.8) is 0 Å². The van der Waals surface area contributed by atoms with Gasteiger partial charge >= 0.3 is 0 Å². The van der Waals surface area contributed by atoms with E-state index in [0.717, 1.165) is 37.0 Å². The molecular formula is C14H21N3O. The normalized spacial score (nSPS) is 11.3. The zero-order valence-electron chi connectivity index (χ0n) is 11.4. The maximum Gasteiger partial charge on any atom is 0.222 e. The van der Waals surface area contributed by atoms with Crippen LogP contribution in [0.4, 0.5) is 0 Å². The lowest BCUT2D eigenvalue weighted by atomic mass is 10.1. The van der Waals surface area contributed by atoms with E-state index in [0.29, 0.717) is 5.88 Å². The van der Waals surface area contributed by atoms with Crippen LogP contribution in [0.15, 0.2) is 18.5 Å². The molecule has 1 N–H and O–H groups in total. The second-order valence-corrected chi connectivity index (χ2v) is 4.33. The lowest BCUT2D eigenvalue weighted by molar-refractivity contribution is 0.308. The summed E-state index contributed by atoms with van der Waals surface area (Å²) in [7, 11) is 1.67. The van der Waals surface area contributed by atoms with E-state index in [1.54, 1.807) is 13.3 Å². The van der Waals surface area contributed by atoms with E-state index in [1.807, 2.05) is 6.07 Å². The Hall–Kier alpha value is -1.55. The van der Waals surface area contributed by atoms with Crippen LogP contribution in [-0.4, -0.2) is 41.6 Å². The molecule has 0 aliphatic rings. The SMILES string of the molecule is CCN(CC)CCc1c[nH]c2ccnc(OC)c12. The van der Waals surface area contributed by atoms with Crippen LogP contribution in [0.1, 0.15) is 19.4 Å². The van der Waals surface area contributed by atoms with Gasteiger partial charge in [-0.2, -0.15) is 0 Å². The average molecular weight is 247 g/mol. The first-order valence-electron chi connectivity index (χ1n) is 6.51. The number of hydrogen-bond acceptors (Lipinski definition) is 3. The van der Waals surface area contributed by atoms with Gasteiger partial charge in [-0.05, 0) is 31.1 Å². The fraction of sp³-hybridized carbons (Fsp3) is 0.500. The fourth-order valence-electron chi connectivity index (χ4n) is 2.28. The molecule has 2 aromatic heterocycles. The number of ether oxygens (including phenoxy) is 1. The average Bonchev–Trinajstić information content (AvgIpc) is 2.83. The molecule has 2 heterocycles. The minimum atomic E-state index is 0.711. The topological polar surface area (TPSA) is 41.2 Å². The number of hydrogen-bond donors (Lipinski definition) is 1. The van der Waals surface area contributed by atoms with Gasteiger partial charge in [0, 0.05) is 18.9 Å². The van der Waals surface area contributed by atoms with Crippen molar-refractivity contribution >= 4 is 10.9 Å². The minimum Gasteiger partial charge on any atom is -0.480 e. The van der Waals surface area contributed by atoms with E-state index < -0.39 is 0 Å². The van der Waals surface area contributed by atoms with E-state index >= 15 is 0 Å². The van der Waals surface area contributed by atoms with E-state index in [9.17, 15) is 0 Å². The minimum absolute atomic E-state index is 0.711. The summed E-state index contributed by atoms with van der Waals surface area (Å²) in [5, 5.41) is 1.12. The number of rotatable bonds is 6. The Morgan fingerprint density at radius 2 is 2.11 bits per heavy atom. The van der Waals surface area contributed by atoms with E-state index in [2.05, 4.69) is 34.9 Å². The number of fused-ring (bicyclic) bond motifs is 1. The Bertz CT molecular complexity index is 503. The molecule has 0 fully saturated rings. The van der Waals surface area contributed by atoms with Crippen molar-refractivity contribution in [3.05, 3.63) is 24.0 Å². The van der Waals surface area contributed by atoms with Gasteiger partial charge in [0.25, 0.3) is 0 Å². The van der Waals surface area contributed by atoms with Crippen molar-refractivity contribution in [3.8, 4) is 5.88 Å². The Morgan fingerprint density at radius 1 is 1.33 bits per heavy atom. The molecule has 0 spiro atoms. The molecule has 4 nitrogen and oxygen atoms in total. The van der Waals surface area contributed by atoms with E-state index in [4.69, 9.17) is 4.74 Å². The molecule has 0 aliphatic heterocycles. The first-order valence-corrected chi connectivity index (χ1v) is 6.51. The molecule has 2 rings (SSSR count). The zero-order valence-corrected chi connectivity index (χ0v) is 11.4. The van der Waals surface area contributed by atoms with Gasteiger partial charge in [0.1, 0.15) is 0 Å². The number of methoxy groups -OCH3 is 1. The molecule has 18 heavy (non-hydrogen) atoms. The lowest BCUT2D eigenvalue weighted by Gasteiger charge is -2.17. The maximum atomic E-state index is 5.34. The van der Waals surface area contributed by atoms with Crippen molar-refractivity contribution in [1.29, 1.82) is 0 Å². The van der Waals surface area contributed by atoms with Crippen molar-refractivity contribution in [1.82, 2.24) is 14.9 Å². The van der Waals surface area contributed by atoms with Crippen LogP contribution < -0.4 is 4.74 Å². The predicted octanol–water partition coefficient (Wildman–Crippen LogP) is 2.46. The standard InChI is InChI=1S/C14H21N3O/c1-4-17(5-2)9-7-11-10-16-12-6-8-15-14(18-3)13(11)12/h6,8,10,16H,4-5,7,9H2,1-3H3. The van der Waals surface area contributed by atoms with Gasteiger partial charge in [-0.1, -0.05) is 13.8 Å². The van der Waals surface area contributed by atoms with Crippen LogP contribution >= 0.6 is 0 Å². The molecule has 0 aliphatic carbocycles. The van der Waals surface area contributed by atoms with Crippen molar-refractivity contribution in [2.24, 2.45) is 0 Å². The summed E-state index contributed by atoms with van der Waals surface area (Å²) >= 11 is 0. The number of aromatic amines is 1. The number of likely N-dealkylation sites (N-methyl/N-ethyl adjacent to an activating group) is 1. The molecule has 0 saturated heterocycles. The number of pyridine rings is 1. The molecule has 4 heteroatoms. The van der Waals surface area contributed by atoms with Gasteiger partial charge in [-0.25, -0.2) is 4.98 Å². The number of nitrogens with zero attached hydrogens (tertiary/aromatic N) is 2. The quantitative estimate of drug-likeness (QED) is 0.852. The zero-order chi connectivity index (χ0) is 13.0. The Balaban J connectivity index is 2.23. The van der Waals surface area contributed by atoms with Crippen LogP contribution in [0.5, 0.6) is 5.88 Å². The molecule has 0 aromatic carbocycles. The van der Waals surface area contributed by atoms with Gasteiger partial charge in [0.2, 0.25) is 5.88 Å². The third-order valence-corrected chi connectivity index (χ3v) is 3.42. The molecule has 0 amide bonds. The van der Waals surface area contributed by atoms with E-state index in [-0.39, 0.29) is 0 Å². The second kappa shape index (κ2) is 5.87. The van der Waals surface area contributed by atoms with Crippen LogP contribution in [0.2, 0.25) is 0 Å². The monoisotopic (exact) mass is 247 g/mol. The summed E-state index contributed by atoms with van der Waals surface area (Å²) in [4.78, 5) is 9.97. The van der Waals surface area contributed by atoms with Crippen molar-refractivity contribution in [2.45, 2.75) is 20.3 Å². The molecule has 2 aromatic rings. The predicted molar refractivity (Wildman–Crippen MR) is 74.1 cm³/mol. The van der Waals surface area contributed by atoms with Crippen LogP contribution in [0, 0.1) is 0 Å². The molecule has 0 radical (unpaired) electrons. The Labute approximate surface area is 108 Å². The Morgan fingerprint density at radius 3 is 2.78 bits per heavy atom. The highest BCUT2D eigenvalue weighted by Gasteiger charge is 2.10. The largest absolute Gasteiger partial charge is 0.480 e. The maximum absolute atomic E-state index is 5.34. The first kappa shape index (κ1) is 12.9. The van der Waals surface area contributed by atoms with Crippen molar-refractivity contribution in [2.75, 3.05) is 26.7 Å². The molecule has 0 bridgehead atoms. The molecule has 0 saturated carbocycles. The first-order chi connectivity index (χ1) is 8.80. The van der Waals surface area contributed by atoms with Crippen LogP contribution in [0.3, 0.4) is 0 Å². The summed E-state index contributed by atoms with van der Waals surface area (Å²) in [5.41, 5.74) is 2.37. The van der Waals surface area contributed by atoms with Gasteiger partial charge in [-0.15, -0.1) is 0 Å².